The topological polar surface area (TPSA) is 48.1 Å². The Morgan fingerprint density at radius 2 is 1.85 bits per heavy atom. The van der Waals surface area contributed by atoms with Crippen LogP contribution in [0.1, 0.15) is 37.7 Å². The van der Waals surface area contributed by atoms with Crippen LogP contribution >= 0.6 is 0 Å². The highest BCUT2D eigenvalue weighted by atomic mass is 16.6. The van der Waals surface area contributed by atoms with Crippen LogP contribution in [0.4, 0.5) is 0 Å². The number of ether oxygens (including phenoxy) is 3. The van der Waals surface area contributed by atoms with E-state index in [1.54, 1.807) is 7.11 Å². The molecule has 0 bridgehead atoms. The highest BCUT2D eigenvalue weighted by Crippen LogP contribution is 2.41. The van der Waals surface area contributed by atoms with Gasteiger partial charge < -0.3 is 14.2 Å². The van der Waals surface area contributed by atoms with Crippen LogP contribution in [0, 0.1) is 0 Å². The van der Waals surface area contributed by atoms with Gasteiger partial charge in [-0.05, 0) is 43.4 Å². The second kappa shape index (κ2) is 5.44. The fraction of sp³-hybridized carbons (Fsp3) is 0.562. The van der Waals surface area contributed by atoms with Crippen molar-refractivity contribution >= 4 is 5.97 Å². The molecule has 1 atom stereocenters. The smallest absolute Gasteiger partial charge is 0.345 e. The Balaban J connectivity index is 1.69. The van der Waals surface area contributed by atoms with Crippen molar-refractivity contribution in [1.29, 1.82) is 0 Å². The molecular weight excluding hydrogens is 256 g/mol. The fourth-order valence-electron chi connectivity index (χ4n) is 2.76. The zero-order valence-electron chi connectivity index (χ0n) is 11.8. The van der Waals surface area contributed by atoms with Crippen molar-refractivity contribution in [3.05, 3.63) is 29.8 Å². The Hall–Kier alpha value is -1.55. The highest BCUT2D eigenvalue weighted by molar-refractivity contribution is 5.84. The summed E-state index contributed by atoms with van der Waals surface area (Å²) in [7, 11) is 1.62. The van der Waals surface area contributed by atoms with Gasteiger partial charge in [0.1, 0.15) is 11.9 Å². The second-order valence-corrected chi connectivity index (χ2v) is 5.51. The molecule has 2 fully saturated rings. The molecule has 0 aromatic heterocycles. The molecule has 1 aliphatic carbocycles. The average Bonchev–Trinajstić information content (AvgIpc) is 3.30. The van der Waals surface area contributed by atoms with Gasteiger partial charge in [-0.2, -0.15) is 0 Å². The summed E-state index contributed by atoms with van der Waals surface area (Å²) in [6.45, 7) is 0.408. The van der Waals surface area contributed by atoms with Crippen LogP contribution in [-0.2, 0) is 19.9 Å². The van der Waals surface area contributed by atoms with Crippen LogP contribution in [0.5, 0.6) is 5.75 Å². The first-order valence-corrected chi connectivity index (χ1v) is 7.24. The number of rotatable bonds is 4. The summed E-state index contributed by atoms with van der Waals surface area (Å²) in [5.74, 6) is 0.528. The first-order chi connectivity index (χ1) is 9.74. The van der Waals surface area contributed by atoms with Gasteiger partial charge in [-0.25, -0.2) is 4.79 Å². The van der Waals surface area contributed by atoms with Gasteiger partial charge in [0.15, 0.2) is 0 Å². The van der Waals surface area contributed by atoms with E-state index in [1.165, 1.54) is 6.42 Å². The van der Waals surface area contributed by atoms with Gasteiger partial charge in [0.05, 0.1) is 13.7 Å². The summed E-state index contributed by atoms with van der Waals surface area (Å²) in [6.07, 6.45) is 5.56. The van der Waals surface area contributed by atoms with Crippen molar-refractivity contribution in [2.75, 3.05) is 13.7 Å². The molecule has 0 amide bonds. The number of carbonyl (C=O) groups excluding carboxylic acids is 1. The molecule has 4 nitrogen and oxygen atoms in total. The zero-order valence-corrected chi connectivity index (χ0v) is 11.8. The molecule has 0 radical (unpaired) electrons. The lowest BCUT2D eigenvalue weighted by atomic mass is 9.96. The lowest BCUT2D eigenvalue weighted by Gasteiger charge is -2.23. The Labute approximate surface area is 119 Å². The Morgan fingerprint density at radius 3 is 2.40 bits per heavy atom. The van der Waals surface area contributed by atoms with Crippen LogP contribution in [0.2, 0.25) is 0 Å². The number of carbonyl (C=O) groups is 1. The molecule has 108 valence electrons. The molecule has 1 aliphatic heterocycles. The second-order valence-electron chi connectivity index (χ2n) is 5.51. The van der Waals surface area contributed by atoms with Gasteiger partial charge >= 0.3 is 5.97 Å². The van der Waals surface area contributed by atoms with E-state index < -0.39 is 5.60 Å². The molecule has 0 N–H and O–H groups in total. The number of hydrogen-bond donors (Lipinski definition) is 0. The van der Waals surface area contributed by atoms with Crippen molar-refractivity contribution in [1.82, 2.24) is 0 Å². The van der Waals surface area contributed by atoms with E-state index in [1.807, 2.05) is 24.3 Å². The lowest BCUT2D eigenvalue weighted by molar-refractivity contribution is -0.157. The molecule has 1 aromatic carbocycles. The number of benzene rings is 1. The summed E-state index contributed by atoms with van der Waals surface area (Å²) < 4.78 is 16.2. The third-order valence-corrected chi connectivity index (χ3v) is 4.14. The predicted molar refractivity (Wildman–Crippen MR) is 73.6 cm³/mol. The third-order valence-electron chi connectivity index (χ3n) is 4.14. The monoisotopic (exact) mass is 276 g/mol. The number of hydrogen-bond acceptors (Lipinski definition) is 4. The quantitative estimate of drug-likeness (QED) is 0.626. The minimum atomic E-state index is -0.871. The Kier molecular flexibility index (Phi) is 3.66. The van der Waals surface area contributed by atoms with Crippen LogP contribution < -0.4 is 4.74 Å². The third kappa shape index (κ3) is 2.52. The van der Waals surface area contributed by atoms with Crippen LogP contribution in [-0.4, -0.2) is 25.8 Å². The maximum atomic E-state index is 12.4. The van der Waals surface area contributed by atoms with Gasteiger partial charge in [-0.3, -0.25) is 0 Å². The van der Waals surface area contributed by atoms with E-state index in [0.29, 0.717) is 6.61 Å². The molecule has 1 unspecified atom stereocenters. The van der Waals surface area contributed by atoms with E-state index in [2.05, 4.69) is 0 Å². The highest BCUT2D eigenvalue weighted by Gasteiger charge is 2.56. The molecule has 1 aromatic rings. The van der Waals surface area contributed by atoms with Crippen molar-refractivity contribution in [3.8, 4) is 5.75 Å². The van der Waals surface area contributed by atoms with Gasteiger partial charge in [0.2, 0.25) is 5.60 Å². The average molecular weight is 276 g/mol. The predicted octanol–water partition coefficient (Wildman–Crippen LogP) is 2.80. The fourth-order valence-corrected chi connectivity index (χ4v) is 2.76. The number of esters is 1. The normalized spacial score (nSPS) is 26.1. The molecule has 3 rings (SSSR count). The van der Waals surface area contributed by atoms with Gasteiger partial charge in [0, 0.05) is 0 Å². The van der Waals surface area contributed by atoms with Gasteiger partial charge in [0.25, 0.3) is 0 Å². The summed E-state index contributed by atoms with van der Waals surface area (Å²) >= 11 is 0. The minimum absolute atomic E-state index is 0.0653. The van der Waals surface area contributed by atoms with Crippen molar-refractivity contribution < 1.29 is 19.0 Å². The van der Waals surface area contributed by atoms with E-state index in [0.717, 1.165) is 37.0 Å². The van der Waals surface area contributed by atoms with E-state index in [9.17, 15) is 4.79 Å². The van der Waals surface area contributed by atoms with Crippen LogP contribution in [0.3, 0.4) is 0 Å². The van der Waals surface area contributed by atoms with Gasteiger partial charge in [-0.1, -0.05) is 18.6 Å². The standard InChI is InChI=1S/C16H20O4/c1-18-13-9-7-12(8-10-13)16(11-19-16)15(17)20-14-5-3-2-4-6-14/h7-10,14H,2-6,11H2,1H3. The largest absolute Gasteiger partial charge is 0.497 e. The molecule has 0 spiro atoms. The van der Waals surface area contributed by atoms with E-state index in [4.69, 9.17) is 14.2 Å². The first kappa shape index (κ1) is 13.4. The molecule has 20 heavy (non-hydrogen) atoms. The number of methoxy groups -OCH3 is 1. The first-order valence-electron chi connectivity index (χ1n) is 7.24. The summed E-state index contributed by atoms with van der Waals surface area (Å²) in [4.78, 5) is 12.4. The van der Waals surface area contributed by atoms with Crippen molar-refractivity contribution in [3.63, 3.8) is 0 Å². The van der Waals surface area contributed by atoms with E-state index in [-0.39, 0.29) is 12.1 Å². The Morgan fingerprint density at radius 1 is 1.20 bits per heavy atom. The molecule has 1 heterocycles. The molecular formula is C16H20O4. The maximum absolute atomic E-state index is 12.4. The maximum Gasteiger partial charge on any atom is 0.345 e. The van der Waals surface area contributed by atoms with E-state index >= 15 is 0 Å². The van der Waals surface area contributed by atoms with Gasteiger partial charge in [-0.15, -0.1) is 0 Å². The Bertz CT molecular complexity index is 470. The van der Waals surface area contributed by atoms with Crippen molar-refractivity contribution in [2.24, 2.45) is 0 Å². The summed E-state index contributed by atoms with van der Waals surface area (Å²) in [5.41, 5.74) is -0.0249. The molecule has 2 aliphatic rings. The molecule has 4 heteroatoms. The van der Waals surface area contributed by atoms with Crippen LogP contribution in [0.25, 0.3) is 0 Å². The molecule has 1 saturated carbocycles. The lowest BCUT2D eigenvalue weighted by Crippen LogP contribution is -2.30. The summed E-state index contributed by atoms with van der Waals surface area (Å²) in [6, 6.07) is 7.42. The van der Waals surface area contributed by atoms with Crippen LogP contribution in [0.15, 0.2) is 24.3 Å². The minimum Gasteiger partial charge on any atom is -0.497 e. The summed E-state index contributed by atoms with van der Waals surface area (Å²) in [5, 5.41) is 0. The van der Waals surface area contributed by atoms with Crippen molar-refractivity contribution in [2.45, 2.75) is 43.8 Å². The number of epoxide rings is 1. The molecule has 1 saturated heterocycles. The SMILES string of the molecule is COc1ccc(C2(C(=O)OC3CCCCC3)CO2)cc1. The zero-order chi connectivity index (χ0) is 14.0.